The van der Waals surface area contributed by atoms with Gasteiger partial charge >= 0.3 is 0 Å². The standard InChI is InChI=1S/C12H16ClN3O3S/c1-9(8-16-6-2-3-12(16)17)15-20(18,19)10-4-5-11(13)14-7-10/h4-5,7,9,15H,2-3,6,8H2,1H3. The number of hydrogen-bond donors (Lipinski definition) is 1. The summed E-state index contributed by atoms with van der Waals surface area (Å²) < 4.78 is 26.8. The molecule has 1 aromatic heterocycles. The van der Waals surface area contributed by atoms with Crippen molar-refractivity contribution in [3.63, 3.8) is 0 Å². The molecule has 0 aliphatic carbocycles. The van der Waals surface area contributed by atoms with E-state index in [1.165, 1.54) is 18.3 Å². The van der Waals surface area contributed by atoms with E-state index >= 15 is 0 Å². The Morgan fingerprint density at radius 3 is 2.80 bits per heavy atom. The van der Waals surface area contributed by atoms with Gasteiger partial charge in [0.05, 0.1) is 0 Å². The van der Waals surface area contributed by atoms with Crippen LogP contribution < -0.4 is 4.72 Å². The van der Waals surface area contributed by atoms with E-state index < -0.39 is 10.0 Å². The molecule has 1 aliphatic heterocycles. The zero-order valence-corrected chi connectivity index (χ0v) is 12.6. The molecule has 2 heterocycles. The number of likely N-dealkylation sites (tertiary alicyclic amines) is 1. The van der Waals surface area contributed by atoms with Gasteiger partial charge in [-0.05, 0) is 25.5 Å². The Balaban J connectivity index is 2.00. The van der Waals surface area contributed by atoms with Crippen LogP contribution in [-0.4, -0.2) is 43.3 Å². The summed E-state index contributed by atoms with van der Waals surface area (Å²) >= 11 is 5.63. The van der Waals surface area contributed by atoms with Gasteiger partial charge in [0.25, 0.3) is 0 Å². The Bertz CT molecular complexity index is 588. The largest absolute Gasteiger partial charge is 0.341 e. The van der Waals surface area contributed by atoms with Gasteiger partial charge in [0.15, 0.2) is 0 Å². The number of hydrogen-bond acceptors (Lipinski definition) is 4. The first-order valence-electron chi connectivity index (χ1n) is 6.30. The number of carbonyl (C=O) groups excluding carboxylic acids is 1. The summed E-state index contributed by atoms with van der Waals surface area (Å²) in [5, 5.41) is 0.236. The lowest BCUT2D eigenvalue weighted by Crippen LogP contribution is -2.42. The third-order valence-electron chi connectivity index (χ3n) is 3.03. The Morgan fingerprint density at radius 1 is 1.50 bits per heavy atom. The first kappa shape index (κ1) is 15.2. The summed E-state index contributed by atoms with van der Waals surface area (Å²) in [7, 11) is -3.64. The van der Waals surface area contributed by atoms with E-state index in [-0.39, 0.29) is 22.0 Å². The van der Waals surface area contributed by atoms with Crippen LogP contribution in [0.15, 0.2) is 23.2 Å². The van der Waals surface area contributed by atoms with E-state index in [2.05, 4.69) is 9.71 Å². The summed E-state index contributed by atoms with van der Waals surface area (Å²) in [6, 6.07) is 2.45. The van der Waals surface area contributed by atoms with Crippen molar-refractivity contribution >= 4 is 27.5 Å². The van der Waals surface area contributed by atoms with E-state index in [1.54, 1.807) is 11.8 Å². The van der Waals surface area contributed by atoms with Crippen LogP contribution in [0.5, 0.6) is 0 Å². The molecule has 1 aromatic rings. The zero-order chi connectivity index (χ0) is 14.8. The second kappa shape index (κ2) is 6.07. The van der Waals surface area contributed by atoms with Crippen LogP contribution in [0.25, 0.3) is 0 Å². The maximum absolute atomic E-state index is 12.1. The lowest BCUT2D eigenvalue weighted by Gasteiger charge is -2.21. The van der Waals surface area contributed by atoms with Crippen LogP contribution in [0.1, 0.15) is 19.8 Å². The molecule has 1 amide bonds. The van der Waals surface area contributed by atoms with Gasteiger partial charge in [0.1, 0.15) is 10.0 Å². The molecule has 0 saturated carbocycles. The van der Waals surface area contributed by atoms with Crippen molar-refractivity contribution < 1.29 is 13.2 Å². The van der Waals surface area contributed by atoms with E-state index in [0.717, 1.165) is 6.42 Å². The third-order valence-corrected chi connectivity index (χ3v) is 4.83. The Hall–Kier alpha value is -1.18. The number of pyridine rings is 1. The molecule has 1 saturated heterocycles. The van der Waals surface area contributed by atoms with Crippen molar-refractivity contribution in [3.05, 3.63) is 23.5 Å². The summed E-state index contributed by atoms with van der Waals surface area (Å²) in [6.45, 7) is 2.79. The van der Waals surface area contributed by atoms with Crippen LogP contribution >= 0.6 is 11.6 Å². The van der Waals surface area contributed by atoms with Crippen molar-refractivity contribution in [2.45, 2.75) is 30.7 Å². The normalized spacial score (nSPS) is 17.5. The molecular weight excluding hydrogens is 302 g/mol. The summed E-state index contributed by atoms with van der Waals surface area (Å²) in [4.78, 5) is 17.0. The maximum Gasteiger partial charge on any atom is 0.242 e. The van der Waals surface area contributed by atoms with Crippen molar-refractivity contribution in [1.29, 1.82) is 0 Å². The van der Waals surface area contributed by atoms with Gasteiger partial charge in [-0.1, -0.05) is 11.6 Å². The molecule has 1 unspecified atom stereocenters. The first-order chi connectivity index (χ1) is 9.38. The van der Waals surface area contributed by atoms with Gasteiger partial charge in [0, 0.05) is 31.7 Å². The van der Waals surface area contributed by atoms with Crippen molar-refractivity contribution in [2.75, 3.05) is 13.1 Å². The number of amides is 1. The highest BCUT2D eigenvalue weighted by atomic mass is 35.5. The minimum absolute atomic E-state index is 0.0569. The number of rotatable bonds is 5. The second-order valence-electron chi connectivity index (χ2n) is 4.78. The number of nitrogens with one attached hydrogen (secondary N) is 1. The number of carbonyl (C=O) groups is 1. The Labute approximate surface area is 123 Å². The van der Waals surface area contributed by atoms with Crippen molar-refractivity contribution in [1.82, 2.24) is 14.6 Å². The van der Waals surface area contributed by atoms with Crippen LogP contribution in [0.4, 0.5) is 0 Å². The molecule has 110 valence electrons. The molecule has 2 rings (SSSR count). The predicted octanol–water partition coefficient (Wildman–Crippen LogP) is 1.02. The molecule has 0 radical (unpaired) electrons. The average Bonchev–Trinajstić information content (AvgIpc) is 2.74. The van der Waals surface area contributed by atoms with Crippen LogP contribution in [0.3, 0.4) is 0 Å². The lowest BCUT2D eigenvalue weighted by atomic mass is 10.3. The number of sulfonamides is 1. The smallest absolute Gasteiger partial charge is 0.242 e. The fraction of sp³-hybridized carbons (Fsp3) is 0.500. The van der Waals surface area contributed by atoms with E-state index in [9.17, 15) is 13.2 Å². The monoisotopic (exact) mass is 317 g/mol. The summed E-state index contributed by atoms with van der Waals surface area (Å²) in [5.41, 5.74) is 0. The maximum atomic E-state index is 12.1. The molecule has 1 atom stereocenters. The Kier molecular flexibility index (Phi) is 4.62. The number of halogens is 1. The third kappa shape index (κ3) is 3.68. The fourth-order valence-electron chi connectivity index (χ4n) is 2.12. The topological polar surface area (TPSA) is 79.4 Å². The van der Waals surface area contributed by atoms with Gasteiger partial charge in [-0.2, -0.15) is 0 Å². The van der Waals surface area contributed by atoms with Gasteiger partial charge in [-0.3, -0.25) is 4.79 Å². The minimum atomic E-state index is -3.64. The SMILES string of the molecule is CC(CN1CCCC1=O)NS(=O)(=O)c1ccc(Cl)nc1. The van der Waals surface area contributed by atoms with Gasteiger partial charge in [0.2, 0.25) is 15.9 Å². The highest BCUT2D eigenvalue weighted by molar-refractivity contribution is 7.89. The molecule has 0 bridgehead atoms. The number of nitrogens with zero attached hydrogens (tertiary/aromatic N) is 2. The van der Waals surface area contributed by atoms with Gasteiger partial charge < -0.3 is 4.90 Å². The highest BCUT2D eigenvalue weighted by Crippen LogP contribution is 2.13. The van der Waals surface area contributed by atoms with Gasteiger partial charge in [-0.25, -0.2) is 18.1 Å². The van der Waals surface area contributed by atoms with Crippen molar-refractivity contribution in [3.8, 4) is 0 Å². The first-order valence-corrected chi connectivity index (χ1v) is 8.16. The molecule has 0 aromatic carbocycles. The Morgan fingerprint density at radius 2 is 2.25 bits per heavy atom. The van der Waals surface area contributed by atoms with Crippen LogP contribution in [-0.2, 0) is 14.8 Å². The van der Waals surface area contributed by atoms with Crippen LogP contribution in [0, 0.1) is 0 Å². The van der Waals surface area contributed by atoms with E-state index in [4.69, 9.17) is 11.6 Å². The summed E-state index contributed by atoms with van der Waals surface area (Å²) in [6.07, 6.45) is 2.58. The average molecular weight is 318 g/mol. The quantitative estimate of drug-likeness (QED) is 0.822. The zero-order valence-electron chi connectivity index (χ0n) is 11.0. The molecular formula is C12H16ClN3O3S. The van der Waals surface area contributed by atoms with Gasteiger partial charge in [-0.15, -0.1) is 0 Å². The minimum Gasteiger partial charge on any atom is -0.341 e. The highest BCUT2D eigenvalue weighted by Gasteiger charge is 2.24. The van der Waals surface area contributed by atoms with E-state index in [0.29, 0.717) is 19.5 Å². The molecule has 20 heavy (non-hydrogen) atoms. The molecule has 1 fully saturated rings. The van der Waals surface area contributed by atoms with Crippen molar-refractivity contribution in [2.24, 2.45) is 0 Å². The fourth-order valence-corrected chi connectivity index (χ4v) is 3.41. The predicted molar refractivity (Wildman–Crippen MR) is 74.8 cm³/mol. The number of aromatic nitrogens is 1. The molecule has 0 spiro atoms. The molecule has 1 aliphatic rings. The molecule has 1 N–H and O–H groups in total. The molecule has 8 heteroatoms. The second-order valence-corrected chi connectivity index (χ2v) is 6.88. The molecule has 6 nitrogen and oxygen atoms in total. The van der Waals surface area contributed by atoms with E-state index in [1.807, 2.05) is 0 Å². The lowest BCUT2D eigenvalue weighted by molar-refractivity contribution is -0.127. The summed E-state index contributed by atoms with van der Waals surface area (Å²) in [5.74, 6) is 0.0733. The van der Waals surface area contributed by atoms with Crippen LogP contribution in [0.2, 0.25) is 5.15 Å².